The molecule has 0 aromatic heterocycles. The van der Waals surface area contributed by atoms with E-state index in [1.54, 1.807) is 0 Å². The van der Waals surface area contributed by atoms with Crippen LogP contribution in [-0.2, 0) is 0 Å². The Hall–Kier alpha value is -7.51. The lowest BCUT2D eigenvalue weighted by Gasteiger charge is -2.19. The van der Waals surface area contributed by atoms with Gasteiger partial charge in [-0.2, -0.15) is 15.8 Å². The van der Waals surface area contributed by atoms with Crippen molar-refractivity contribution in [2.75, 3.05) is 0 Å². The Morgan fingerprint density at radius 2 is 0.778 bits per heavy atom. The van der Waals surface area contributed by atoms with E-state index in [4.69, 9.17) is 0 Å². The van der Waals surface area contributed by atoms with Crippen LogP contribution in [-0.4, -0.2) is 0 Å². The van der Waals surface area contributed by atoms with Crippen molar-refractivity contribution in [2.45, 2.75) is 13.8 Å². The van der Waals surface area contributed by atoms with Crippen LogP contribution in [0.2, 0.25) is 0 Å². The van der Waals surface area contributed by atoms with Gasteiger partial charge in [0.05, 0.1) is 34.9 Å². The average Bonchev–Trinajstić information content (AvgIpc) is 3.53. The minimum absolute atomic E-state index is 0.648. The second-order valence-electron chi connectivity index (χ2n) is 14.3. The highest BCUT2D eigenvalue weighted by atomic mass is 14.3. The third kappa shape index (κ3) is 4.52. The Labute approximate surface area is 312 Å². The first-order chi connectivity index (χ1) is 26.4. The maximum Gasteiger partial charge on any atom is 0.0991 e. The van der Waals surface area contributed by atoms with Crippen molar-refractivity contribution in [3.63, 3.8) is 0 Å². The van der Waals surface area contributed by atoms with E-state index in [0.29, 0.717) is 16.7 Å². The highest BCUT2D eigenvalue weighted by molar-refractivity contribution is 6.27. The molecule has 0 radical (unpaired) electrons. The van der Waals surface area contributed by atoms with Crippen LogP contribution in [0.5, 0.6) is 0 Å². The number of benzene rings is 9. The summed E-state index contributed by atoms with van der Waals surface area (Å²) in [5.74, 6) is 0. The Kier molecular flexibility index (Phi) is 6.81. The molecule has 0 atom stereocenters. The molecule has 0 saturated heterocycles. The van der Waals surface area contributed by atoms with Gasteiger partial charge >= 0.3 is 0 Å². The molecule has 0 fully saturated rings. The zero-order valence-electron chi connectivity index (χ0n) is 29.6. The molecule has 0 N–H and O–H groups in total. The van der Waals surface area contributed by atoms with Crippen LogP contribution in [0.25, 0.3) is 98.7 Å². The van der Waals surface area contributed by atoms with Gasteiger partial charge in [-0.05, 0) is 184 Å². The predicted octanol–water partition coefficient (Wildman–Crippen LogP) is 13.2. The molecule has 1 aliphatic rings. The Balaban J connectivity index is 1.32. The van der Waals surface area contributed by atoms with E-state index in [1.807, 2.05) is 48.5 Å². The number of aryl methyl sites for hydroxylation is 2. The molecule has 54 heavy (non-hydrogen) atoms. The fourth-order valence-corrected chi connectivity index (χ4v) is 8.84. The molecule has 0 spiro atoms. The van der Waals surface area contributed by atoms with E-state index < -0.39 is 0 Å². The van der Waals surface area contributed by atoms with E-state index >= 15 is 0 Å². The van der Waals surface area contributed by atoms with Gasteiger partial charge in [0.1, 0.15) is 0 Å². The van der Waals surface area contributed by atoms with Crippen molar-refractivity contribution in [1.82, 2.24) is 0 Å². The van der Waals surface area contributed by atoms with Crippen molar-refractivity contribution in [2.24, 2.45) is 0 Å². The molecular formula is C51H29N3. The van der Waals surface area contributed by atoms with E-state index in [9.17, 15) is 15.8 Å². The van der Waals surface area contributed by atoms with Crippen molar-refractivity contribution >= 4 is 43.1 Å². The standard InChI is InChI=1S/C51H29N3/c1-29-20-32(27-53)12-16-35(29)43-22-49-45(39-7-4-3-6-38(39)43)23-44(36-17-13-33(28-54)21-30(36)2)48-24-46-41-9-5-8-40-37(34-14-10-31(26-52)11-15-34)18-19-42(51(40)41)47(46)25-50(48)49/h3-25H,1-2H3. The quantitative estimate of drug-likeness (QED) is 0.174. The first-order valence-corrected chi connectivity index (χ1v) is 18.0. The lowest BCUT2D eigenvalue weighted by atomic mass is 9.84. The number of nitrogens with zero attached hydrogens (tertiary/aromatic N) is 3. The summed E-state index contributed by atoms with van der Waals surface area (Å²) in [5.41, 5.74) is 15.6. The molecule has 0 aliphatic heterocycles. The molecule has 10 rings (SSSR count). The van der Waals surface area contributed by atoms with Crippen LogP contribution in [0.15, 0.2) is 140 Å². The van der Waals surface area contributed by atoms with Gasteiger partial charge in [0.15, 0.2) is 0 Å². The van der Waals surface area contributed by atoms with E-state index in [2.05, 4.69) is 123 Å². The second-order valence-corrected chi connectivity index (χ2v) is 14.3. The molecule has 0 heterocycles. The number of rotatable bonds is 3. The third-order valence-corrected chi connectivity index (χ3v) is 11.4. The molecule has 9 aromatic rings. The monoisotopic (exact) mass is 683 g/mol. The molecule has 0 unspecified atom stereocenters. The van der Waals surface area contributed by atoms with Crippen molar-refractivity contribution < 1.29 is 0 Å². The summed E-state index contributed by atoms with van der Waals surface area (Å²) >= 11 is 0. The molecule has 248 valence electrons. The summed E-state index contributed by atoms with van der Waals surface area (Å²) in [6, 6.07) is 55.8. The minimum atomic E-state index is 0.648. The predicted molar refractivity (Wildman–Crippen MR) is 221 cm³/mol. The summed E-state index contributed by atoms with van der Waals surface area (Å²) in [5, 5.41) is 38.2. The molecule has 0 bridgehead atoms. The van der Waals surface area contributed by atoms with Gasteiger partial charge in [-0.25, -0.2) is 0 Å². The molecule has 3 nitrogen and oxygen atoms in total. The molecule has 3 heteroatoms. The smallest absolute Gasteiger partial charge is 0.0991 e. The molecule has 0 amide bonds. The normalized spacial score (nSPS) is 11.5. The third-order valence-electron chi connectivity index (χ3n) is 11.4. The van der Waals surface area contributed by atoms with Gasteiger partial charge in [0.25, 0.3) is 0 Å². The van der Waals surface area contributed by atoms with Crippen molar-refractivity contribution in [3.05, 3.63) is 167 Å². The Morgan fingerprint density at radius 3 is 1.41 bits per heavy atom. The topological polar surface area (TPSA) is 71.4 Å². The SMILES string of the molecule is Cc1cc(C#N)ccc1-c1cc2c3cc4c(cc3c(-c3ccc(C#N)cc3C)cc2c2ccccc12)-c1cccc2c(-c3ccc(C#N)cc3)ccc-4c12. The van der Waals surface area contributed by atoms with Crippen molar-refractivity contribution in [3.8, 4) is 73.8 Å². The Morgan fingerprint density at radius 1 is 0.315 bits per heavy atom. The van der Waals surface area contributed by atoms with Crippen LogP contribution in [0, 0.1) is 47.8 Å². The van der Waals surface area contributed by atoms with E-state index in [0.717, 1.165) is 55.3 Å². The van der Waals surface area contributed by atoms with Gasteiger partial charge in [0.2, 0.25) is 0 Å². The van der Waals surface area contributed by atoms with Crippen LogP contribution in [0.4, 0.5) is 0 Å². The van der Waals surface area contributed by atoms with Gasteiger partial charge < -0.3 is 0 Å². The number of hydrogen-bond donors (Lipinski definition) is 0. The summed E-state index contributed by atoms with van der Waals surface area (Å²) in [4.78, 5) is 0. The zero-order chi connectivity index (χ0) is 36.7. The maximum atomic E-state index is 9.72. The van der Waals surface area contributed by atoms with Crippen LogP contribution < -0.4 is 0 Å². The van der Waals surface area contributed by atoms with Crippen molar-refractivity contribution in [1.29, 1.82) is 15.8 Å². The first-order valence-electron chi connectivity index (χ1n) is 18.0. The summed E-state index contributed by atoms with van der Waals surface area (Å²) < 4.78 is 0. The van der Waals surface area contributed by atoms with E-state index in [-0.39, 0.29) is 0 Å². The zero-order valence-corrected chi connectivity index (χ0v) is 29.6. The lowest BCUT2D eigenvalue weighted by Crippen LogP contribution is -1.93. The Bertz CT molecular complexity index is 3250. The molecular weight excluding hydrogens is 655 g/mol. The average molecular weight is 684 g/mol. The maximum absolute atomic E-state index is 9.72. The fourth-order valence-electron chi connectivity index (χ4n) is 8.84. The van der Waals surface area contributed by atoms with Gasteiger partial charge in [-0.15, -0.1) is 0 Å². The molecule has 0 saturated carbocycles. The highest BCUT2D eigenvalue weighted by Crippen LogP contribution is 2.53. The van der Waals surface area contributed by atoms with Crippen LogP contribution in [0.3, 0.4) is 0 Å². The minimum Gasteiger partial charge on any atom is -0.192 e. The second kappa shape index (κ2) is 11.8. The van der Waals surface area contributed by atoms with Crippen LogP contribution >= 0.6 is 0 Å². The number of nitriles is 3. The first kappa shape index (κ1) is 31.2. The largest absolute Gasteiger partial charge is 0.192 e. The molecule has 1 aliphatic carbocycles. The van der Waals surface area contributed by atoms with Crippen LogP contribution in [0.1, 0.15) is 27.8 Å². The summed E-state index contributed by atoms with van der Waals surface area (Å²) in [6.45, 7) is 4.18. The van der Waals surface area contributed by atoms with Gasteiger partial charge in [-0.3, -0.25) is 0 Å². The summed E-state index contributed by atoms with van der Waals surface area (Å²) in [7, 11) is 0. The number of hydrogen-bond acceptors (Lipinski definition) is 3. The highest BCUT2D eigenvalue weighted by Gasteiger charge is 2.26. The van der Waals surface area contributed by atoms with Gasteiger partial charge in [0, 0.05) is 0 Å². The summed E-state index contributed by atoms with van der Waals surface area (Å²) in [6.07, 6.45) is 0. The van der Waals surface area contributed by atoms with E-state index in [1.165, 1.54) is 54.6 Å². The fraction of sp³-hybridized carbons (Fsp3) is 0.0392. The lowest BCUT2D eigenvalue weighted by molar-refractivity contribution is 1.42. The number of fused-ring (bicyclic) bond motifs is 8. The van der Waals surface area contributed by atoms with Gasteiger partial charge in [-0.1, -0.05) is 78.9 Å². The molecule has 9 aromatic carbocycles.